The number of halogens is 1. The Hall–Kier alpha value is -1.01. The van der Waals surface area contributed by atoms with Gasteiger partial charge in [-0.25, -0.2) is 4.98 Å². The molecule has 1 aliphatic rings. The van der Waals surface area contributed by atoms with E-state index in [9.17, 15) is 10.1 Å². The molecular formula is C11H14ClN3O2S. The smallest absolute Gasteiger partial charge is 0.276 e. The van der Waals surface area contributed by atoms with Gasteiger partial charge in [-0.2, -0.15) is 11.8 Å². The Morgan fingerprint density at radius 2 is 2.44 bits per heavy atom. The summed E-state index contributed by atoms with van der Waals surface area (Å²) in [7, 11) is 0. The van der Waals surface area contributed by atoms with Crippen molar-refractivity contribution in [2.45, 2.75) is 24.5 Å². The van der Waals surface area contributed by atoms with Gasteiger partial charge in [0.2, 0.25) is 0 Å². The molecule has 1 aromatic heterocycles. The molecule has 0 amide bonds. The highest BCUT2D eigenvalue weighted by atomic mass is 35.5. The van der Waals surface area contributed by atoms with E-state index in [2.05, 4.69) is 17.2 Å². The van der Waals surface area contributed by atoms with Crippen LogP contribution in [0.2, 0.25) is 5.15 Å². The summed E-state index contributed by atoms with van der Waals surface area (Å²) in [6.45, 7) is 2.93. The average Bonchev–Trinajstić information content (AvgIpc) is 2.73. The van der Waals surface area contributed by atoms with Crippen molar-refractivity contribution in [2.24, 2.45) is 0 Å². The Morgan fingerprint density at radius 1 is 1.67 bits per heavy atom. The quantitative estimate of drug-likeness (QED) is 0.522. The molecule has 1 fully saturated rings. The molecule has 18 heavy (non-hydrogen) atoms. The number of anilines is 1. The Kier molecular flexibility index (Phi) is 3.97. The molecule has 1 aromatic rings. The number of rotatable bonds is 4. The summed E-state index contributed by atoms with van der Waals surface area (Å²) in [5.41, 5.74) is -0.0401. The molecule has 1 saturated heterocycles. The maximum absolute atomic E-state index is 10.7. The van der Waals surface area contributed by atoms with Crippen LogP contribution in [0, 0.1) is 10.1 Å². The SMILES string of the molecule is CC1(CNc2cc([N+](=O)[O-])cc(Cl)n2)CCCS1. The van der Waals surface area contributed by atoms with Crippen molar-refractivity contribution in [3.05, 3.63) is 27.4 Å². The van der Waals surface area contributed by atoms with Gasteiger partial charge in [0.25, 0.3) is 5.69 Å². The van der Waals surface area contributed by atoms with Gasteiger partial charge in [-0.05, 0) is 25.5 Å². The van der Waals surface area contributed by atoms with E-state index in [1.807, 2.05) is 11.8 Å². The lowest BCUT2D eigenvalue weighted by atomic mass is 10.1. The second-order valence-electron chi connectivity index (χ2n) is 4.55. The van der Waals surface area contributed by atoms with Crippen molar-refractivity contribution < 1.29 is 4.92 Å². The van der Waals surface area contributed by atoms with Gasteiger partial charge in [0.1, 0.15) is 11.0 Å². The lowest BCUT2D eigenvalue weighted by molar-refractivity contribution is -0.384. The molecule has 5 nitrogen and oxygen atoms in total. The second-order valence-corrected chi connectivity index (χ2v) is 6.62. The van der Waals surface area contributed by atoms with Gasteiger partial charge in [0.15, 0.2) is 0 Å². The van der Waals surface area contributed by atoms with E-state index < -0.39 is 4.92 Å². The van der Waals surface area contributed by atoms with Crippen LogP contribution in [0.5, 0.6) is 0 Å². The first kappa shape index (κ1) is 13.4. The minimum atomic E-state index is -0.467. The number of aromatic nitrogens is 1. The monoisotopic (exact) mass is 287 g/mol. The molecular weight excluding hydrogens is 274 g/mol. The zero-order chi connectivity index (χ0) is 13.2. The number of pyridine rings is 1. The number of thioether (sulfide) groups is 1. The van der Waals surface area contributed by atoms with Crippen molar-refractivity contribution in [1.82, 2.24) is 4.98 Å². The van der Waals surface area contributed by atoms with E-state index in [0.29, 0.717) is 5.82 Å². The predicted octanol–water partition coefficient (Wildman–Crippen LogP) is 3.34. The van der Waals surface area contributed by atoms with Crippen LogP contribution in [0.3, 0.4) is 0 Å². The molecule has 98 valence electrons. The maximum atomic E-state index is 10.7. The van der Waals surface area contributed by atoms with Crippen LogP contribution in [0.15, 0.2) is 12.1 Å². The summed E-state index contributed by atoms with van der Waals surface area (Å²) in [6, 6.07) is 2.66. The minimum Gasteiger partial charge on any atom is -0.368 e. The number of hydrogen-bond acceptors (Lipinski definition) is 5. The lowest BCUT2D eigenvalue weighted by Gasteiger charge is -2.23. The van der Waals surface area contributed by atoms with Crippen LogP contribution in [0.1, 0.15) is 19.8 Å². The molecule has 0 bridgehead atoms. The van der Waals surface area contributed by atoms with Gasteiger partial charge in [-0.3, -0.25) is 10.1 Å². The summed E-state index contributed by atoms with van der Waals surface area (Å²) in [5.74, 6) is 1.63. The largest absolute Gasteiger partial charge is 0.368 e. The van der Waals surface area contributed by atoms with E-state index >= 15 is 0 Å². The van der Waals surface area contributed by atoms with E-state index in [-0.39, 0.29) is 15.6 Å². The molecule has 0 aromatic carbocycles. The number of nitrogens with zero attached hydrogens (tertiary/aromatic N) is 2. The molecule has 0 radical (unpaired) electrons. The van der Waals surface area contributed by atoms with Gasteiger partial charge in [0.05, 0.1) is 17.1 Å². The number of hydrogen-bond donors (Lipinski definition) is 1. The fourth-order valence-electron chi connectivity index (χ4n) is 1.93. The van der Waals surface area contributed by atoms with Crippen LogP contribution >= 0.6 is 23.4 Å². The third kappa shape index (κ3) is 3.26. The third-order valence-electron chi connectivity index (χ3n) is 2.93. The van der Waals surface area contributed by atoms with Crippen molar-refractivity contribution in [3.63, 3.8) is 0 Å². The van der Waals surface area contributed by atoms with E-state index in [1.54, 1.807) is 0 Å². The third-order valence-corrected chi connectivity index (χ3v) is 4.67. The van der Waals surface area contributed by atoms with Gasteiger partial charge < -0.3 is 5.32 Å². The van der Waals surface area contributed by atoms with Gasteiger partial charge in [-0.15, -0.1) is 0 Å². The van der Waals surface area contributed by atoms with E-state index in [0.717, 1.165) is 13.0 Å². The summed E-state index contributed by atoms with van der Waals surface area (Å²) in [6.07, 6.45) is 2.36. The van der Waals surface area contributed by atoms with Crippen molar-refractivity contribution >= 4 is 34.9 Å². The second kappa shape index (κ2) is 5.32. The molecule has 1 N–H and O–H groups in total. The Labute approximate surface area is 114 Å². The molecule has 1 aliphatic heterocycles. The van der Waals surface area contributed by atoms with Crippen LogP contribution in [0.4, 0.5) is 11.5 Å². The Balaban J connectivity index is 2.07. The van der Waals surface area contributed by atoms with Crippen molar-refractivity contribution in [1.29, 1.82) is 0 Å². The lowest BCUT2D eigenvalue weighted by Crippen LogP contribution is -2.27. The summed E-state index contributed by atoms with van der Waals surface area (Å²) >= 11 is 7.68. The summed E-state index contributed by atoms with van der Waals surface area (Å²) in [4.78, 5) is 14.3. The van der Waals surface area contributed by atoms with E-state index in [4.69, 9.17) is 11.6 Å². The molecule has 1 atom stereocenters. The first-order valence-electron chi connectivity index (χ1n) is 5.68. The summed E-state index contributed by atoms with van der Waals surface area (Å²) in [5, 5.41) is 14.0. The topological polar surface area (TPSA) is 68.1 Å². The molecule has 0 spiro atoms. The molecule has 0 aliphatic carbocycles. The highest BCUT2D eigenvalue weighted by Crippen LogP contribution is 2.37. The number of nitrogens with one attached hydrogen (secondary N) is 1. The molecule has 7 heteroatoms. The standard InChI is InChI=1S/C11H14ClN3O2S/c1-11(3-2-4-18-11)7-13-10-6-8(15(16)17)5-9(12)14-10/h5-6H,2-4,7H2,1H3,(H,13,14). The van der Waals surface area contributed by atoms with Crippen LogP contribution in [-0.2, 0) is 0 Å². The molecule has 0 saturated carbocycles. The van der Waals surface area contributed by atoms with Crippen molar-refractivity contribution in [2.75, 3.05) is 17.6 Å². The zero-order valence-electron chi connectivity index (χ0n) is 9.98. The van der Waals surface area contributed by atoms with Crippen LogP contribution in [-0.4, -0.2) is 27.0 Å². The fraction of sp³-hybridized carbons (Fsp3) is 0.545. The molecule has 2 rings (SSSR count). The predicted molar refractivity (Wildman–Crippen MR) is 74.5 cm³/mol. The molecule has 2 heterocycles. The van der Waals surface area contributed by atoms with E-state index in [1.165, 1.54) is 24.3 Å². The minimum absolute atomic E-state index is 0.0401. The molecule has 1 unspecified atom stereocenters. The van der Waals surface area contributed by atoms with Gasteiger partial charge in [0, 0.05) is 11.3 Å². The summed E-state index contributed by atoms with van der Waals surface area (Å²) < 4.78 is 0.179. The Bertz CT molecular complexity index is 464. The Morgan fingerprint density at radius 3 is 3.06 bits per heavy atom. The zero-order valence-corrected chi connectivity index (χ0v) is 11.6. The van der Waals surface area contributed by atoms with Crippen LogP contribution < -0.4 is 5.32 Å². The average molecular weight is 288 g/mol. The van der Waals surface area contributed by atoms with Crippen molar-refractivity contribution in [3.8, 4) is 0 Å². The maximum Gasteiger partial charge on any atom is 0.276 e. The van der Waals surface area contributed by atoms with Crippen LogP contribution in [0.25, 0.3) is 0 Å². The van der Waals surface area contributed by atoms with Gasteiger partial charge >= 0.3 is 0 Å². The first-order chi connectivity index (χ1) is 8.48. The highest BCUT2D eigenvalue weighted by molar-refractivity contribution is 8.00. The normalized spacial score (nSPS) is 23.0. The highest BCUT2D eigenvalue weighted by Gasteiger charge is 2.29. The van der Waals surface area contributed by atoms with Gasteiger partial charge in [-0.1, -0.05) is 11.6 Å². The number of nitro groups is 1. The fourth-order valence-corrected chi connectivity index (χ4v) is 3.38. The first-order valence-corrected chi connectivity index (χ1v) is 7.05.